The summed E-state index contributed by atoms with van der Waals surface area (Å²) in [6.45, 7) is 5.39. The number of rotatable bonds is 6. The second-order valence-corrected chi connectivity index (χ2v) is 6.77. The first-order valence-electron chi connectivity index (χ1n) is 7.63. The smallest absolute Gasteiger partial charge is 0.409 e. The Labute approximate surface area is 130 Å². The molecule has 0 saturated carbocycles. The Kier molecular flexibility index (Phi) is 5.04. The van der Waals surface area contributed by atoms with Crippen molar-refractivity contribution in [1.29, 1.82) is 0 Å². The lowest BCUT2D eigenvalue weighted by Gasteiger charge is -2.19. The maximum absolute atomic E-state index is 11.4. The Morgan fingerprint density at radius 1 is 1.19 bits per heavy atom. The summed E-state index contributed by atoms with van der Waals surface area (Å²) in [7, 11) is 0. The highest BCUT2D eigenvalue weighted by molar-refractivity contribution is 7.99. The van der Waals surface area contributed by atoms with E-state index in [0.29, 0.717) is 6.61 Å². The summed E-state index contributed by atoms with van der Waals surface area (Å²) in [4.78, 5) is 17.0. The summed E-state index contributed by atoms with van der Waals surface area (Å²) in [6.07, 6.45) is 1.12. The Morgan fingerprint density at radius 3 is 2.81 bits per heavy atom. The molecule has 0 aliphatic carbocycles. The van der Waals surface area contributed by atoms with Gasteiger partial charge in [0.1, 0.15) is 6.61 Å². The SMILES string of the molecule is O=C1OCCN1CCN1CCC(CSc2ccccc2)C1. The van der Waals surface area contributed by atoms with E-state index in [-0.39, 0.29) is 6.09 Å². The van der Waals surface area contributed by atoms with Crippen LogP contribution in [-0.2, 0) is 4.74 Å². The maximum atomic E-state index is 11.4. The van der Waals surface area contributed by atoms with Crippen LogP contribution in [0.25, 0.3) is 0 Å². The molecule has 2 aliphatic rings. The molecule has 114 valence electrons. The minimum Gasteiger partial charge on any atom is -0.448 e. The van der Waals surface area contributed by atoms with Crippen LogP contribution in [0.5, 0.6) is 0 Å². The van der Waals surface area contributed by atoms with Crippen molar-refractivity contribution in [1.82, 2.24) is 9.80 Å². The number of carbonyl (C=O) groups is 1. The van der Waals surface area contributed by atoms with Crippen LogP contribution in [-0.4, -0.2) is 61.0 Å². The molecule has 3 rings (SSSR count). The highest BCUT2D eigenvalue weighted by Crippen LogP contribution is 2.25. The van der Waals surface area contributed by atoms with Crippen LogP contribution in [0, 0.1) is 5.92 Å². The predicted molar refractivity (Wildman–Crippen MR) is 84.6 cm³/mol. The third-order valence-electron chi connectivity index (χ3n) is 4.13. The van der Waals surface area contributed by atoms with E-state index < -0.39 is 0 Å². The fourth-order valence-electron chi connectivity index (χ4n) is 2.87. The van der Waals surface area contributed by atoms with E-state index in [9.17, 15) is 4.79 Å². The average Bonchev–Trinajstić information content (AvgIpc) is 3.13. The number of amides is 1. The van der Waals surface area contributed by atoms with Gasteiger partial charge >= 0.3 is 6.09 Å². The number of carbonyl (C=O) groups excluding carboxylic acids is 1. The molecule has 4 nitrogen and oxygen atoms in total. The highest BCUT2D eigenvalue weighted by atomic mass is 32.2. The molecule has 21 heavy (non-hydrogen) atoms. The normalized spacial score (nSPS) is 22.8. The van der Waals surface area contributed by atoms with Crippen LogP contribution in [0.2, 0.25) is 0 Å². The van der Waals surface area contributed by atoms with Crippen LogP contribution in [0.1, 0.15) is 6.42 Å². The molecule has 0 spiro atoms. The average molecular weight is 306 g/mol. The maximum Gasteiger partial charge on any atom is 0.409 e. The van der Waals surface area contributed by atoms with Gasteiger partial charge in [-0.05, 0) is 31.0 Å². The molecule has 2 aliphatic heterocycles. The number of cyclic esters (lactones) is 1. The standard InChI is InChI=1S/C16H22N2O2S/c19-16-18(10-11-20-16)9-8-17-7-6-14(12-17)13-21-15-4-2-1-3-5-15/h1-5,14H,6-13H2. The molecule has 1 amide bonds. The van der Waals surface area contributed by atoms with Crippen LogP contribution in [0.4, 0.5) is 4.79 Å². The predicted octanol–water partition coefficient (Wildman–Crippen LogP) is 2.55. The topological polar surface area (TPSA) is 32.8 Å². The van der Waals surface area contributed by atoms with Crippen LogP contribution < -0.4 is 0 Å². The first kappa shape index (κ1) is 14.7. The second-order valence-electron chi connectivity index (χ2n) is 5.68. The summed E-state index contributed by atoms with van der Waals surface area (Å²) in [5.74, 6) is 1.95. The van der Waals surface area contributed by atoms with Gasteiger partial charge in [0.2, 0.25) is 0 Å². The van der Waals surface area contributed by atoms with Crippen molar-refractivity contribution in [3.63, 3.8) is 0 Å². The first-order chi connectivity index (χ1) is 10.3. The molecule has 0 radical (unpaired) electrons. The van der Waals surface area contributed by atoms with Gasteiger partial charge in [-0.15, -0.1) is 11.8 Å². The Hall–Kier alpha value is -1.20. The van der Waals surface area contributed by atoms with Gasteiger partial charge in [-0.2, -0.15) is 0 Å². The largest absolute Gasteiger partial charge is 0.448 e. The van der Waals surface area contributed by atoms with Gasteiger partial charge < -0.3 is 14.5 Å². The van der Waals surface area contributed by atoms with E-state index in [1.165, 1.54) is 17.1 Å². The zero-order chi connectivity index (χ0) is 14.5. The van der Waals surface area contributed by atoms with E-state index in [1.54, 1.807) is 0 Å². The van der Waals surface area contributed by atoms with Crippen molar-refractivity contribution in [2.45, 2.75) is 11.3 Å². The van der Waals surface area contributed by atoms with Crippen molar-refractivity contribution in [3.8, 4) is 0 Å². The third kappa shape index (κ3) is 4.14. The van der Waals surface area contributed by atoms with Crippen molar-refractivity contribution >= 4 is 17.9 Å². The van der Waals surface area contributed by atoms with Crippen molar-refractivity contribution in [2.75, 3.05) is 45.1 Å². The Morgan fingerprint density at radius 2 is 2.05 bits per heavy atom. The van der Waals surface area contributed by atoms with Gasteiger partial charge in [0, 0.05) is 30.3 Å². The summed E-state index contributed by atoms with van der Waals surface area (Å²) in [5, 5.41) is 0. The number of likely N-dealkylation sites (tertiary alicyclic amines) is 1. The minimum absolute atomic E-state index is 0.148. The monoisotopic (exact) mass is 306 g/mol. The zero-order valence-electron chi connectivity index (χ0n) is 12.2. The molecular weight excluding hydrogens is 284 g/mol. The fraction of sp³-hybridized carbons (Fsp3) is 0.562. The number of hydrogen-bond donors (Lipinski definition) is 0. The minimum atomic E-state index is -0.148. The Balaban J connectivity index is 1.36. The van der Waals surface area contributed by atoms with E-state index in [0.717, 1.165) is 38.6 Å². The molecule has 2 fully saturated rings. The van der Waals surface area contributed by atoms with Gasteiger partial charge in [0.25, 0.3) is 0 Å². The van der Waals surface area contributed by atoms with Crippen LogP contribution in [0.15, 0.2) is 35.2 Å². The molecule has 1 aromatic rings. The molecule has 1 aromatic carbocycles. The van der Waals surface area contributed by atoms with Gasteiger partial charge in [0.15, 0.2) is 0 Å². The van der Waals surface area contributed by atoms with Gasteiger partial charge in [-0.1, -0.05) is 18.2 Å². The number of thioether (sulfide) groups is 1. The molecule has 1 unspecified atom stereocenters. The number of nitrogens with zero attached hydrogens (tertiary/aromatic N) is 2. The van der Waals surface area contributed by atoms with E-state index in [1.807, 2.05) is 16.7 Å². The fourth-order valence-corrected chi connectivity index (χ4v) is 3.92. The van der Waals surface area contributed by atoms with Crippen molar-refractivity contribution in [3.05, 3.63) is 30.3 Å². The van der Waals surface area contributed by atoms with Gasteiger partial charge in [-0.25, -0.2) is 4.79 Å². The van der Waals surface area contributed by atoms with Gasteiger partial charge in [-0.3, -0.25) is 0 Å². The van der Waals surface area contributed by atoms with Crippen molar-refractivity contribution < 1.29 is 9.53 Å². The molecule has 0 bridgehead atoms. The van der Waals surface area contributed by atoms with Gasteiger partial charge in [0.05, 0.1) is 6.54 Å². The second kappa shape index (κ2) is 7.18. The van der Waals surface area contributed by atoms with E-state index >= 15 is 0 Å². The summed E-state index contributed by atoms with van der Waals surface area (Å²) in [6, 6.07) is 10.6. The number of benzene rings is 1. The zero-order valence-corrected chi connectivity index (χ0v) is 13.1. The van der Waals surface area contributed by atoms with Crippen LogP contribution >= 0.6 is 11.8 Å². The molecule has 0 aromatic heterocycles. The summed E-state index contributed by atoms with van der Waals surface area (Å²) in [5.41, 5.74) is 0. The first-order valence-corrected chi connectivity index (χ1v) is 8.62. The number of hydrogen-bond acceptors (Lipinski definition) is 4. The molecule has 1 atom stereocenters. The van der Waals surface area contributed by atoms with E-state index in [2.05, 4.69) is 35.2 Å². The van der Waals surface area contributed by atoms with Crippen LogP contribution in [0.3, 0.4) is 0 Å². The molecule has 2 heterocycles. The Bertz CT molecular complexity index is 469. The summed E-state index contributed by atoms with van der Waals surface area (Å²) < 4.78 is 4.95. The quantitative estimate of drug-likeness (QED) is 0.756. The summed E-state index contributed by atoms with van der Waals surface area (Å²) >= 11 is 1.95. The molecule has 0 N–H and O–H groups in total. The molecule has 2 saturated heterocycles. The lowest BCUT2D eigenvalue weighted by Crippen LogP contribution is -2.34. The highest BCUT2D eigenvalue weighted by Gasteiger charge is 2.25. The number of ether oxygens (including phenoxy) is 1. The van der Waals surface area contributed by atoms with Crippen molar-refractivity contribution in [2.24, 2.45) is 5.92 Å². The molecular formula is C16H22N2O2S. The third-order valence-corrected chi connectivity index (χ3v) is 5.37. The van der Waals surface area contributed by atoms with E-state index in [4.69, 9.17) is 4.74 Å². The lowest BCUT2D eigenvalue weighted by atomic mass is 10.2. The lowest BCUT2D eigenvalue weighted by molar-refractivity contribution is 0.155. The molecule has 5 heteroatoms.